The smallest absolute Gasteiger partial charge is 0.358 e. The topological polar surface area (TPSA) is 102 Å². The van der Waals surface area contributed by atoms with Crippen molar-refractivity contribution < 1.29 is 4.92 Å². The lowest BCUT2D eigenvalue weighted by Gasteiger charge is -2.14. The molecule has 1 aromatic heterocycles. The van der Waals surface area contributed by atoms with Gasteiger partial charge in [-0.15, -0.1) is 0 Å². The highest BCUT2D eigenvalue weighted by Crippen LogP contribution is 2.12. The zero-order chi connectivity index (χ0) is 19.1. The van der Waals surface area contributed by atoms with Crippen molar-refractivity contribution in [1.29, 1.82) is 0 Å². The van der Waals surface area contributed by atoms with Crippen molar-refractivity contribution in [2.45, 2.75) is 26.6 Å². The summed E-state index contributed by atoms with van der Waals surface area (Å²) in [4.78, 5) is 11.1. The molecule has 138 valence electrons. The van der Waals surface area contributed by atoms with Crippen LogP contribution in [0.2, 0.25) is 0 Å². The van der Waals surface area contributed by atoms with Gasteiger partial charge in [0.25, 0.3) is 5.82 Å². The molecule has 3 aromatic rings. The first-order chi connectivity index (χ1) is 13.2. The fourth-order valence-corrected chi connectivity index (χ4v) is 2.59. The highest BCUT2D eigenvalue weighted by Gasteiger charge is 2.26. The first kappa shape index (κ1) is 18.2. The average molecular weight is 365 g/mol. The van der Waals surface area contributed by atoms with Crippen LogP contribution in [0.15, 0.2) is 65.8 Å². The summed E-state index contributed by atoms with van der Waals surface area (Å²) in [6, 6.07) is 19.4. The minimum Gasteiger partial charge on any atom is -0.358 e. The van der Waals surface area contributed by atoms with Gasteiger partial charge in [-0.25, -0.2) is 4.68 Å². The molecule has 0 spiro atoms. The Balaban J connectivity index is 1.96. The third-order valence-corrected chi connectivity index (χ3v) is 3.86. The zero-order valence-corrected chi connectivity index (χ0v) is 14.8. The summed E-state index contributed by atoms with van der Waals surface area (Å²) in [5.74, 6) is -0.345. The van der Waals surface area contributed by atoms with E-state index in [0.717, 1.165) is 11.1 Å². The molecule has 0 saturated carbocycles. The van der Waals surface area contributed by atoms with E-state index in [-0.39, 0.29) is 11.7 Å². The van der Waals surface area contributed by atoms with E-state index in [2.05, 4.69) is 20.6 Å². The number of nitro groups is 1. The molecular weight excluding hydrogens is 346 g/mol. The fourth-order valence-electron chi connectivity index (χ4n) is 2.59. The summed E-state index contributed by atoms with van der Waals surface area (Å²) < 4.78 is 1.35. The van der Waals surface area contributed by atoms with E-state index in [1.807, 2.05) is 67.6 Å². The second-order valence-electron chi connectivity index (χ2n) is 5.79. The summed E-state index contributed by atoms with van der Waals surface area (Å²) in [7, 11) is 0. The summed E-state index contributed by atoms with van der Waals surface area (Å²) >= 11 is 0. The molecular formula is C18H19N7O2. The van der Waals surface area contributed by atoms with Crippen LogP contribution in [0.3, 0.4) is 0 Å². The molecule has 27 heavy (non-hydrogen) atoms. The predicted octanol–water partition coefficient (Wildman–Crippen LogP) is 2.33. The maximum absolute atomic E-state index is 11.6. The van der Waals surface area contributed by atoms with Gasteiger partial charge in [-0.1, -0.05) is 65.8 Å². The lowest BCUT2D eigenvalue weighted by Crippen LogP contribution is -2.26. The minimum absolute atomic E-state index is 0.0358. The van der Waals surface area contributed by atoms with Crippen molar-refractivity contribution in [3.8, 4) is 0 Å². The van der Waals surface area contributed by atoms with Crippen LogP contribution in [-0.2, 0) is 19.6 Å². The van der Waals surface area contributed by atoms with Crippen LogP contribution in [0.5, 0.6) is 0 Å². The third kappa shape index (κ3) is 4.72. The van der Waals surface area contributed by atoms with Gasteiger partial charge >= 0.3 is 5.84 Å². The molecule has 0 bridgehead atoms. The van der Waals surface area contributed by atoms with Crippen LogP contribution in [0, 0.1) is 10.1 Å². The van der Waals surface area contributed by atoms with E-state index in [9.17, 15) is 10.1 Å². The highest BCUT2D eigenvalue weighted by molar-refractivity contribution is 5.88. The number of amidine groups is 1. The molecule has 0 fully saturated rings. The molecule has 0 radical (unpaired) electrons. The van der Waals surface area contributed by atoms with Gasteiger partial charge in [-0.2, -0.15) is 5.01 Å². The number of hydrogen-bond acceptors (Lipinski definition) is 7. The molecule has 1 heterocycles. The van der Waals surface area contributed by atoms with Gasteiger partial charge in [0, 0.05) is 6.54 Å². The first-order valence-corrected chi connectivity index (χ1v) is 8.49. The van der Waals surface area contributed by atoms with Gasteiger partial charge in [-0.3, -0.25) is 0 Å². The fraction of sp³-hybridized carbons (Fsp3) is 0.222. The number of rotatable bonds is 7. The van der Waals surface area contributed by atoms with Gasteiger partial charge < -0.3 is 10.1 Å². The van der Waals surface area contributed by atoms with E-state index in [0.29, 0.717) is 19.6 Å². The Bertz CT molecular complexity index is 868. The second-order valence-corrected chi connectivity index (χ2v) is 5.79. The Morgan fingerprint density at radius 2 is 1.63 bits per heavy atom. The molecule has 3 rings (SSSR count). The number of hydrogen-bond donors (Lipinski definition) is 0. The average Bonchev–Trinajstić information content (AvgIpc) is 3.15. The van der Waals surface area contributed by atoms with Crippen molar-refractivity contribution in [3.63, 3.8) is 0 Å². The van der Waals surface area contributed by atoms with Crippen molar-refractivity contribution in [3.05, 3.63) is 87.7 Å². The van der Waals surface area contributed by atoms with E-state index in [4.69, 9.17) is 0 Å². The van der Waals surface area contributed by atoms with Crippen LogP contribution < -0.4 is 0 Å². The zero-order valence-electron chi connectivity index (χ0n) is 14.8. The van der Waals surface area contributed by atoms with Crippen molar-refractivity contribution in [2.75, 3.05) is 0 Å². The van der Waals surface area contributed by atoms with E-state index in [1.165, 1.54) is 4.68 Å². The molecule has 0 N–H and O–H groups in total. The van der Waals surface area contributed by atoms with Crippen LogP contribution >= 0.6 is 0 Å². The number of aromatic nitrogens is 4. The molecule has 0 amide bonds. The van der Waals surface area contributed by atoms with Gasteiger partial charge in [-0.05, 0) is 33.4 Å². The largest absolute Gasteiger partial charge is 0.434 e. The van der Waals surface area contributed by atoms with E-state index < -0.39 is 4.92 Å². The van der Waals surface area contributed by atoms with Gasteiger partial charge in [0.05, 0.1) is 18.2 Å². The second kappa shape index (κ2) is 8.65. The van der Waals surface area contributed by atoms with Crippen molar-refractivity contribution >= 4 is 5.84 Å². The highest BCUT2D eigenvalue weighted by atomic mass is 16.6. The molecule has 0 saturated heterocycles. The maximum Gasteiger partial charge on any atom is 0.434 e. The van der Waals surface area contributed by atoms with Gasteiger partial charge in [0.2, 0.25) is 0 Å². The Labute approximate surface area is 156 Å². The molecule has 0 atom stereocenters. The van der Waals surface area contributed by atoms with E-state index >= 15 is 0 Å². The SMILES string of the molecule is CCn1nnnc1C(=NN(Cc1ccccc1)Cc1ccccc1)[N+](=O)[O-]. The number of nitrogens with zero attached hydrogens (tertiary/aromatic N) is 7. The lowest BCUT2D eigenvalue weighted by atomic mass is 10.2. The Morgan fingerprint density at radius 1 is 1.07 bits per heavy atom. The maximum atomic E-state index is 11.6. The minimum atomic E-state index is -0.555. The summed E-state index contributed by atoms with van der Waals surface area (Å²) in [5.41, 5.74) is 1.99. The van der Waals surface area contributed by atoms with Gasteiger partial charge in [0.1, 0.15) is 0 Å². The Kier molecular flexibility index (Phi) is 5.83. The first-order valence-electron chi connectivity index (χ1n) is 8.49. The summed E-state index contributed by atoms with van der Waals surface area (Å²) in [5, 5.41) is 28.7. The van der Waals surface area contributed by atoms with Crippen molar-refractivity contribution in [2.24, 2.45) is 5.10 Å². The molecule has 9 nitrogen and oxygen atoms in total. The number of tetrazole rings is 1. The van der Waals surface area contributed by atoms with Gasteiger partial charge in [0.15, 0.2) is 0 Å². The summed E-state index contributed by atoms with van der Waals surface area (Å²) in [6.45, 7) is 3.05. The number of benzene rings is 2. The number of aryl methyl sites for hydroxylation is 1. The molecule has 0 aliphatic carbocycles. The molecule has 9 heteroatoms. The molecule has 0 aliphatic rings. The Hall–Kier alpha value is -3.62. The molecule has 2 aromatic carbocycles. The number of hydrazone groups is 1. The quantitative estimate of drug-likeness (QED) is 0.276. The monoisotopic (exact) mass is 365 g/mol. The summed E-state index contributed by atoms with van der Waals surface area (Å²) in [6.07, 6.45) is 0. The Morgan fingerprint density at radius 3 is 2.11 bits per heavy atom. The molecule has 0 unspecified atom stereocenters. The van der Waals surface area contributed by atoms with E-state index in [1.54, 1.807) is 5.01 Å². The van der Waals surface area contributed by atoms with Crippen molar-refractivity contribution in [1.82, 2.24) is 25.2 Å². The van der Waals surface area contributed by atoms with Crippen LogP contribution in [-0.4, -0.2) is 36.0 Å². The molecule has 0 aliphatic heterocycles. The predicted molar refractivity (Wildman–Crippen MR) is 99.2 cm³/mol. The van der Waals surface area contributed by atoms with Crippen LogP contribution in [0.1, 0.15) is 23.9 Å². The standard InChI is InChI=1S/C18H19N7O2/c1-2-24-17(19-21-22-24)18(25(26)27)20-23(13-15-9-5-3-6-10-15)14-16-11-7-4-8-12-16/h3-12H,2,13-14H2,1H3. The third-order valence-electron chi connectivity index (χ3n) is 3.86. The normalized spacial score (nSPS) is 11.4. The van der Waals surface area contributed by atoms with Crippen LogP contribution in [0.25, 0.3) is 0 Å². The van der Waals surface area contributed by atoms with Crippen LogP contribution in [0.4, 0.5) is 0 Å². The lowest BCUT2D eigenvalue weighted by molar-refractivity contribution is -0.351.